The average Bonchev–Trinajstić information content (AvgIpc) is 2.49. The Morgan fingerprint density at radius 2 is 1.95 bits per heavy atom. The number of nitrogens with one attached hydrogen (secondary N) is 1. The van der Waals surface area contributed by atoms with E-state index < -0.39 is 0 Å². The smallest absolute Gasteiger partial charge is 0.161 e. The fourth-order valence-corrected chi connectivity index (χ4v) is 2.17. The molecule has 0 saturated heterocycles. The lowest BCUT2D eigenvalue weighted by atomic mass is 10.1. The number of hydrogen-bond acceptors (Lipinski definition) is 3. The summed E-state index contributed by atoms with van der Waals surface area (Å²) in [5.74, 6) is 0.687. The van der Waals surface area contributed by atoms with Crippen LogP contribution in [0, 0.1) is 6.92 Å². The standard InChI is InChI=1S/C18H21NO2/c1-4-5-15-10-14(11-17(21-3)18(15)20)12-19-16-8-6-13(2)7-9-16/h4,6-11,19-20H,1,5,12H2,2-3H3. The number of aromatic hydroxyl groups is 1. The summed E-state index contributed by atoms with van der Waals surface area (Å²) in [6.07, 6.45) is 2.38. The maximum atomic E-state index is 10.1. The normalized spacial score (nSPS) is 10.2. The molecule has 0 aliphatic carbocycles. The Labute approximate surface area is 125 Å². The predicted octanol–water partition coefficient (Wildman–Crippen LogP) is 4.05. The first kappa shape index (κ1) is 15.0. The summed E-state index contributed by atoms with van der Waals surface area (Å²) >= 11 is 0. The Balaban J connectivity index is 2.17. The highest BCUT2D eigenvalue weighted by molar-refractivity contribution is 5.51. The Morgan fingerprint density at radius 1 is 1.24 bits per heavy atom. The van der Waals surface area contributed by atoms with Gasteiger partial charge in [-0.25, -0.2) is 0 Å². The van der Waals surface area contributed by atoms with Crippen molar-refractivity contribution in [1.82, 2.24) is 0 Å². The van der Waals surface area contributed by atoms with E-state index in [4.69, 9.17) is 4.74 Å². The maximum Gasteiger partial charge on any atom is 0.161 e. The predicted molar refractivity (Wildman–Crippen MR) is 87.1 cm³/mol. The molecule has 0 aromatic heterocycles. The molecule has 0 spiro atoms. The monoisotopic (exact) mass is 283 g/mol. The number of rotatable bonds is 6. The number of hydrogen-bond donors (Lipinski definition) is 2. The Morgan fingerprint density at radius 3 is 2.57 bits per heavy atom. The van der Waals surface area contributed by atoms with Gasteiger partial charge in [0.05, 0.1) is 7.11 Å². The number of aryl methyl sites for hydroxylation is 1. The van der Waals surface area contributed by atoms with Crippen molar-refractivity contribution >= 4 is 5.69 Å². The van der Waals surface area contributed by atoms with Gasteiger partial charge in [-0.3, -0.25) is 0 Å². The molecule has 3 nitrogen and oxygen atoms in total. The number of ether oxygens (including phenoxy) is 1. The third-order valence-corrected chi connectivity index (χ3v) is 3.35. The highest BCUT2D eigenvalue weighted by atomic mass is 16.5. The van der Waals surface area contributed by atoms with Crippen molar-refractivity contribution in [3.05, 3.63) is 65.7 Å². The molecule has 2 N–H and O–H groups in total. The molecular weight excluding hydrogens is 262 g/mol. The van der Waals surface area contributed by atoms with Crippen LogP contribution in [0.5, 0.6) is 11.5 Å². The average molecular weight is 283 g/mol. The van der Waals surface area contributed by atoms with E-state index >= 15 is 0 Å². The second-order valence-electron chi connectivity index (χ2n) is 5.02. The van der Waals surface area contributed by atoms with Crippen molar-refractivity contribution in [2.45, 2.75) is 19.9 Å². The molecule has 0 atom stereocenters. The lowest BCUT2D eigenvalue weighted by Crippen LogP contribution is -2.01. The van der Waals surface area contributed by atoms with Crippen molar-refractivity contribution in [2.75, 3.05) is 12.4 Å². The van der Waals surface area contributed by atoms with Crippen LogP contribution in [-0.4, -0.2) is 12.2 Å². The number of anilines is 1. The summed E-state index contributed by atoms with van der Waals surface area (Å²) in [7, 11) is 1.56. The van der Waals surface area contributed by atoms with Gasteiger partial charge < -0.3 is 15.2 Å². The van der Waals surface area contributed by atoms with Crippen LogP contribution < -0.4 is 10.1 Å². The van der Waals surface area contributed by atoms with Gasteiger partial charge in [-0.2, -0.15) is 0 Å². The van der Waals surface area contributed by atoms with E-state index in [2.05, 4.69) is 43.1 Å². The number of benzene rings is 2. The van der Waals surface area contributed by atoms with Gasteiger partial charge in [0, 0.05) is 17.8 Å². The van der Waals surface area contributed by atoms with Gasteiger partial charge in [0.15, 0.2) is 11.5 Å². The van der Waals surface area contributed by atoms with E-state index in [0.717, 1.165) is 16.8 Å². The third-order valence-electron chi connectivity index (χ3n) is 3.35. The van der Waals surface area contributed by atoms with E-state index in [1.807, 2.05) is 12.1 Å². The first-order chi connectivity index (χ1) is 10.1. The molecule has 3 heteroatoms. The molecule has 0 fully saturated rings. The van der Waals surface area contributed by atoms with Crippen molar-refractivity contribution in [3.8, 4) is 11.5 Å². The molecule has 110 valence electrons. The highest BCUT2D eigenvalue weighted by Gasteiger charge is 2.09. The molecule has 0 heterocycles. The van der Waals surface area contributed by atoms with Crippen molar-refractivity contribution in [3.63, 3.8) is 0 Å². The van der Waals surface area contributed by atoms with Gasteiger partial charge in [0.2, 0.25) is 0 Å². The summed E-state index contributed by atoms with van der Waals surface area (Å²) in [4.78, 5) is 0. The first-order valence-electron chi connectivity index (χ1n) is 6.94. The molecule has 2 rings (SSSR count). The van der Waals surface area contributed by atoms with E-state index in [-0.39, 0.29) is 5.75 Å². The quantitative estimate of drug-likeness (QED) is 0.786. The van der Waals surface area contributed by atoms with Gasteiger partial charge in [0.1, 0.15) is 0 Å². The fraction of sp³-hybridized carbons (Fsp3) is 0.222. The minimum Gasteiger partial charge on any atom is -0.504 e. The lowest BCUT2D eigenvalue weighted by molar-refractivity contribution is 0.370. The number of methoxy groups -OCH3 is 1. The molecule has 0 saturated carbocycles. The van der Waals surface area contributed by atoms with Gasteiger partial charge in [-0.1, -0.05) is 23.8 Å². The maximum absolute atomic E-state index is 10.1. The summed E-state index contributed by atoms with van der Waals surface area (Å²) < 4.78 is 5.23. The molecule has 0 unspecified atom stereocenters. The number of phenolic OH excluding ortho intramolecular Hbond substituents is 1. The number of allylic oxidation sites excluding steroid dienone is 1. The van der Waals surface area contributed by atoms with E-state index in [1.54, 1.807) is 13.2 Å². The summed E-state index contributed by atoms with van der Waals surface area (Å²) in [5.41, 5.74) is 4.19. The summed E-state index contributed by atoms with van der Waals surface area (Å²) in [5, 5.41) is 13.4. The third kappa shape index (κ3) is 3.78. The zero-order chi connectivity index (χ0) is 15.2. The fourth-order valence-electron chi connectivity index (χ4n) is 2.17. The van der Waals surface area contributed by atoms with Crippen LogP contribution in [0.4, 0.5) is 5.69 Å². The second kappa shape index (κ2) is 6.84. The largest absolute Gasteiger partial charge is 0.504 e. The van der Waals surface area contributed by atoms with E-state index in [0.29, 0.717) is 18.7 Å². The van der Waals surface area contributed by atoms with Gasteiger partial charge in [-0.05, 0) is 43.2 Å². The van der Waals surface area contributed by atoms with Crippen LogP contribution in [0.25, 0.3) is 0 Å². The van der Waals surface area contributed by atoms with Crippen LogP contribution in [0.15, 0.2) is 49.1 Å². The molecular formula is C18H21NO2. The Hall–Kier alpha value is -2.42. The molecule has 0 bridgehead atoms. The SMILES string of the molecule is C=CCc1cc(CNc2ccc(C)cc2)cc(OC)c1O. The first-order valence-corrected chi connectivity index (χ1v) is 6.94. The van der Waals surface area contributed by atoms with Crippen molar-refractivity contribution in [2.24, 2.45) is 0 Å². The molecule has 0 aliphatic heterocycles. The van der Waals surface area contributed by atoms with Crippen LogP contribution in [0.3, 0.4) is 0 Å². The van der Waals surface area contributed by atoms with Gasteiger partial charge in [0.25, 0.3) is 0 Å². The molecule has 2 aromatic rings. The van der Waals surface area contributed by atoms with Crippen LogP contribution in [0.2, 0.25) is 0 Å². The Kier molecular flexibility index (Phi) is 4.88. The molecule has 2 aromatic carbocycles. The van der Waals surface area contributed by atoms with E-state index in [1.165, 1.54) is 5.56 Å². The molecule has 21 heavy (non-hydrogen) atoms. The van der Waals surface area contributed by atoms with Crippen LogP contribution in [-0.2, 0) is 13.0 Å². The minimum absolute atomic E-state index is 0.191. The van der Waals surface area contributed by atoms with Crippen molar-refractivity contribution < 1.29 is 9.84 Å². The Bertz CT molecular complexity index is 618. The van der Waals surface area contributed by atoms with E-state index in [9.17, 15) is 5.11 Å². The zero-order valence-corrected chi connectivity index (χ0v) is 12.5. The zero-order valence-electron chi connectivity index (χ0n) is 12.5. The summed E-state index contributed by atoms with van der Waals surface area (Å²) in [6.45, 7) is 6.45. The van der Waals surface area contributed by atoms with Gasteiger partial charge >= 0.3 is 0 Å². The second-order valence-corrected chi connectivity index (χ2v) is 5.02. The molecule has 0 amide bonds. The van der Waals surface area contributed by atoms with Crippen molar-refractivity contribution in [1.29, 1.82) is 0 Å². The van der Waals surface area contributed by atoms with Gasteiger partial charge in [-0.15, -0.1) is 6.58 Å². The molecule has 0 aliphatic rings. The molecule has 0 radical (unpaired) electrons. The lowest BCUT2D eigenvalue weighted by Gasteiger charge is -2.12. The summed E-state index contributed by atoms with van der Waals surface area (Å²) in [6, 6.07) is 12.1. The van der Waals surface area contributed by atoms with Crippen LogP contribution in [0.1, 0.15) is 16.7 Å². The highest BCUT2D eigenvalue weighted by Crippen LogP contribution is 2.32. The minimum atomic E-state index is 0.191. The van der Waals surface area contributed by atoms with Crippen LogP contribution >= 0.6 is 0 Å². The number of phenols is 1. The topological polar surface area (TPSA) is 41.5 Å².